The van der Waals surface area contributed by atoms with Crippen molar-refractivity contribution in [2.75, 3.05) is 20.7 Å². The van der Waals surface area contributed by atoms with Crippen molar-refractivity contribution in [1.82, 2.24) is 15.5 Å². The number of methoxy groups -OCH3 is 1. The van der Waals surface area contributed by atoms with Gasteiger partial charge in [0.15, 0.2) is 5.60 Å². The summed E-state index contributed by atoms with van der Waals surface area (Å²) in [5.41, 5.74) is -0.532. The molecular formula is C30H49N3O4. The standard InChI is InChI=1S/C30H49N3O4/c1-7-8-19-33(5)28(35)26(21-23-15-11-9-12-16-23)31-27(34)25(20-22(2)3)32-29(36)30(4,37-6)24-17-13-10-14-18-24/h10,13-14,17-18,22-23,25-26H,7-9,11-12,15-16,19-21H2,1-6H3,(H,31,34)(H,32,36)/t25-,26-,30-/m0/s1. The van der Waals surface area contributed by atoms with Crippen molar-refractivity contribution in [3.8, 4) is 0 Å². The maximum Gasteiger partial charge on any atom is 0.257 e. The molecule has 37 heavy (non-hydrogen) atoms. The first-order chi connectivity index (χ1) is 17.6. The van der Waals surface area contributed by atoms with Gasteiger partial charge in [-0.3, -0.25) is 14.4 Å². The topological polar surface area (TPSA) is 87.7 Å². The van der Waals surface area contributed by atoms with Crippen molar-refractivity contribution in [2.24, 2.45) is 11.8 Å². The van der Waals surface area contributed by atoms with Crippen molar-refractivity contribution in [2.45, 2.75) is 103 Å². The molecule has 1 saturated carbocycles. The Kier molecular flexibility index (Phi) is 12.6. The molecule has 0 saturated heterocycles. The number of ether oxygens (including phenoxy) is 1. The van der Waals surface area contributed by atoms with Crippen LogP contribution in [0.25, 0.3) is 0 Å². The third kappa shape index (κ3) is 9.13. The Hall–Kier alpha value is -2.41. The van der Waals surface area contributed by atoms with Crippen LogP contribution in [0.15, 0.2) is 30.3 Å². The van der Waals surface area contributed by atoms with Gasteiger partial charge in [-0.25, -0.2) is 0 Å². The van der Waals surface area contributed by atoms with Crippen LogP contribution >= 0.6 is 0 Å². The van der Waals surface area contributed by atoms with Crippen LogP contribution in [0.1, 0.15) is 91.0 Å². The van der Waals surface area contributed by atoms with Gasteiger partial charge in [0.2, 0.25) is 11.8 Å². The molecule has 1 aliphatic carbocycles. The lowest BCUT2D eigenvalue weighted by atomic mass is 9.84. The summed E-state index contributed by atoms with van der Waals surface area (Å²) in [6.45, 7) is 8.51. The zero-order valence-electron chi connectivity index (χ0n) is 23.8. The third-order valence-corrected chi connectivity index (χ3v) is 7.63. The maximum atomic E-state index is 13.6. The molecule has 0 bridgehead atoms. The summed E-state index contributed by atoms with van der Waals surface area (Å²) in [4.78, 5) is 42.2. The fourth-order valence-electron chi connectivity index (χ4n) is 5.12. The molecule has 7 heteroatoms. The average Bonchev–Trinajstić information content (AvgIpc) is 2.90. The molecule has 0 unspecified atom stereocenters. The van der Waals surface area contributed by atoms with E-state index in [-0.39, 0.29) is 23.6 Å². The van der Waals surface area contributed by atoms with Gasteiger partial charge in [-0.05, 0) is 43.6 Å². The number of carbonyl (C=O) groups is 3. The molecule has 1 aromatic rings. The predicted molar refractivity (Wildman–Crippen MR) is 148 cm³/mol. The number of benzene rings is 1. The fraction of sp³-hybridized carbons (Fsp3) is 0.700. The number of hydrogen-bond donors (Lipinski definition) is 2. The Morgan fingerprint density at radius 1 is 1.05 bits per heavy atom. The largest absolute Gasteiger partial charge is 0.364 e. The van der Waals surface area contributed by atoms with Crippen LogP contribution in [0.2, 0.25) is 0 Å². The molecule has 0 radical (unpaired) electrons. The molecule has 0 heterocycles. The minimum absolute atomic E-state index is 0.0481. The number of hydrogen-bond acceptors (Lipinski definition) is 4. The molecule has 0 spiro atoms. The Bertz CT molecular complexity index is 854. The molecule has 2 rings (SSSR count). The lowest BCUT2D eigenvalue weighted by molar-refractivity contribution is -0.146. The van der Waals surface area contributed by atoms with Crippen LogP contribution in [-0.2, 0) is 24.7 Å². The molecule has 0 aliphatic heterocycles. The monoisotopic (exact) mass is 515 g/mol. The Labute approximate surface area is 224 Å². The quantitative estimate of drug-likeness (QED) is 0.373. The first kappa shape index (κ1) is 30.8. The second-order valence-corrected chi connectivity index (χ2v) is 11.2. The zero-order chi connectivity index (χ0) is 27.4. The van der Waals surface area contributed by atoms with Gasteiger partial charge in [-0.2, -0.15) is 0 Å². The summed E-state index contributed by atoms with van der Waals surface area (Å²) >= 11 is 0. The second kappa shape index (κ2) is 15.1. The van der Waals surface area contributed by atoms with Gasteiger partial charge in [0.1, 0.15) is 12.1 Å². The minimum atomic E-state index is -1.24. The molecule has 3 atom stereocenters. The van der Waals surface area contributed by atoms with Crippen molar-refractivity contribution in [3.63, 3.8) is 0 Å². The van der Waals surface area contributed by atoms with Gasteiger partial charge >= 0.3 is 0 Å². The number of nitrogens with one attached hydrogen (secondary N) is 2. The van der Waals surface area contributed by atoms with Crippen molar-refractivity contribution >= 4 is 17.7 Å². The van der Waals surface area contributed by atoms with Crippen LogP contribution in [0.4, 0.5) is 0 Å². The molecular weight excluding hydrogens is 466 g/mol. The Morgan fingerprint density at radius 3 is 2.27 bits per heavy atom. The maximum absolute atomic E-state index is 13.6. The van der Waals surface area contributed by atoms with Crippen LogP contribution < -0.4 is 10.6 Å². The van der Waals surface area contributed by atoms with Crippen LogP contribution in [0, 0.1) is 11.8 Å². The number of nitrogens with zero attached hydrogens (tertiary/aromatic N) is 1. The molecule has 0 aromatic heterocycles. The number of likely N-dealkylation sites (N-methyl/N-ethyl adjacent to an activating group) is 1. The number of rotatable bonds is 14. The molecule has 208 valence electrons. The molecule has 2 N–H and O–H groups in total. The summed E-state index contributed by atoms with van der Waals surface area (Å²) < 4.78 is 5.66. The number of unbranched alkanes of at least 4 members (excludes halogenated alkanes) is 1. The van der Waals surface area contributed by atoms with Gasteiger partial charge in [-0.1, -0.05) is 89.6 Å². The minimum Gasteiger partial charge on any atom is -0.364 e. The summed E-state index contributed by atoms with van der Waals surface area (Å²) in [5.74, 6) is -0.145. The Balaban J connectivity index is 2.22. The fourth-order valence-corrected chi connectivity index (χ4v) is 5.12. The highest BCUT2D eigenvalue weighted by atomic mass is 16.5. The van der Waals surface area contributed by atoms with Gasteiger partial charge in [0, 0.05) is 20.7 Å². The van der Waals surface area contributed by atoms with Crippen LogP contribution in [0.3, 0.4) is 0 Å². The zero-order valence-corrected chi connectivity index (χ0v) is 23.8. The Morgan fingerprint density at radius 2 is 1.70 bits per heavy atom. The smallest absolute Gasteiger partial charge is 0.257 e. The van der Waals surface area contributed by atoms with E-state index in [9.17, 15) is 14.4 Å². The van der Waals surface area contributed by atoms with Gasteiger partial charge in [0.05, 0.1) is 0 Å². The highest BCUT2D eigenvalue weighted by Gasteiger charge is 2.38. The van der Waals surface area contributed by atoms with E-state index in [2.05, 4.69) is 17.6 Å². The van der Waals surface area contributed by atoms with Crippen molar-refractivity contribution < 1.29 is 19.1 Å². The van der Waals surface area contributed by atoms with Gasteiger partial charge in [0.25, 0.3) is 5.91 Å². The average molecular weight is 516 g/mol. The van der Waals surface area contributed by atoms with E-state index in [0.29, 0.717) is 30.9 Å². The van der Waals surface area contributed by atoms with E-state index in [1.807, 2.05) is 51.2 Å². The predicted octanol–water partition coefficient (Wildman–Crippen LogP) is 4.79. The first-order valence-corrected chi connectivity index (χ1v) is 14.1. The lowest BCUT2D eigenvalue weighted by Crippen LogP contribution is -2.57. The van der Waals surface area contributed by atoms with E-state index < -0.39 is 17.7 Å². The second-order valence-electron chi connectivity index (χ2n) is 11.2. The lowest BCUT2D eigenvalue weighted by Gasteiger charge is -2.32. The summed E-state index contributed by atoms with van der Waals surface area (Å²) in [6, 6.07) is 7.91. The van der Waals surface area contributed by atoms with E-state index in [0.717, 1.165) is 25.7 Å². The number of carbonyl (C=O) groups excluding carboxylic acids is 3. The van der Waals surface area contributed by atoms with Crippen molar-refractivity contribution in [1.29, 1.82) is 0 Å². The summed E-state index contributed by atoms with van der Waals surface area (Å²) in [5, 5.41) is 6.00. The van der Waals surface area contributed by atoms with Crippen LogP contribution in [0.5, 0.6) is 0 Å². The van der Waals surface area contributed by atoms with Gasteiger partial charge < -0.3 is 20.3 Å². The first-order valence-electron chi connectivity index (χ1n) is 14.1. The summed E-state index contributed by atoms with van der Waals surface area (Å²) in [7, 11) is 3.31. The van der Waals surface area contributed by atoms with E-state index in [4.69, 9.17) is 4.74 Å². The van der Waals surface area contributed by atoms with E-state index in [1.165, 1.54) is 26.4 Å². The molecule has 7 nitrogen and oxygen atoms in total. The number of amides is 3. The van der Waals surface area contributed by atoms with Crippen LogP contribution in [-0.4, -0.2) is 55.4 Å². The highest BCUT2D eigenvalue weighted by molar-refractivity contribution is 5.94. The normalized spacial score (nSPS) is 17.5. The van der Waals surface area contributed by atoms with Gasteiger partial charge in [-0.15, -0.1) is 0 Å². The molecule has 1 aromatic carbocycles. The third-order valence-electron chi connectivity index (χ3n) is 7.63. The highest BCUT2D eigenvalue weighted by Crippen LogP contribution is 2.28. The van der Waals surface area contributed by atoms with Crippen molar-refractivity contribution in [3.05, 3.63) is 35.9 Å². The SMILES string of the molecule is CCCCN(C)C(=O)[C@H](CC1CCCCC1)NC(=O)[C@H](CC(C)C)NC(=O)[C@@](C)(OC)c1ccccc1. The van der Waals surface area contributed by atoms with E-state index in [1.54, 1.807) is 11.8 Å². The van der Waals surface area contributed by atoms with E-state index >= 15 is 0 Å². The summed E-state index contributed by atoms with van der Waals surface area (Å²) in [6.07, 6.45) is 8.79. The molecule has 3 amide bonds. The molecule has 1 aliphatic rings. The molecule has 1 fully saturated rings.